The van der Waals surface area contributed by atoms with Gasteiger partial charge in [-0.05, 0) is 10.9 Å². The highest BCUT2D eigenvalue weighted by Gasteiger charge is 2.07. The Morgan fingerprint density at radius 2 is 1.88 bits per heavy atom. The Labute approximate surface area is 102 Å². The first kappa shape index (κ1) is 10.4. The van der Waals surface area contributed by atoms with E-state index in [4.69, 9.17) is 16.0 Å². The molecule has 1 aromatic heterocycles. The molecule has 0 N–H and O–H groups in total. The monoisotopic (exact) mass is 244 g/mol. The van der Waals surface area contributed by atoms with Crippen LogP contribution in [0.4, 0.5) is 0 Å². The van der Waals surface area contributed by atoms with Crippen molar-refractivity contribution in [3.63, 3.8) is 0 Å². The summed E-state index contributed by atoms with van der Waals surface area (Å²) in [6, 6.07) is 13.2. The molecule has 0 aliphatic heterocycles. The quantitative estimate of drug-likeness (QED) is 0.371. The van der Waals surface area contributed by atoms with Crippen LogP contribution in [-0.4, -0.2) is 0 Å². The summed E-state index contributed by atoms with van der Waals surface area (Å²) in [4.78, 5) is 11.5. The van der Waals surface area contributed by atoms with E-state index in [0.29, 0.717) is 11.5 Å². The minimum atomic E-state index is -0.357. The highest BCUT2D eigenvalue weighted by Crippen LogP contribution is 2.26. The summed E-state index contributed by atoms with van der Waals surface area (Å²) in [5.74, 6) is 0.306. The normalized spacial score (nSPS) is 11.1. The van der Waals surface area contributed by atoms with Crippen molar-refractivity contribution >= 4 is 33.3 Å². The molecule has 17 heavy (non-hydrogen) atoms. The standard InChI is InChI=1S/C14H9ClO2/c15-8-10-7-13(16)17-14-11-4-2-1-3-9(11)5-6-12(10)14/h1-7H,8H2. The SMILES string of the molecule is O=c1cc(CCl)c2ccc3ccccc3c2o1. The summed E-state index contributed by atoms with van der Waals surface area (Å²) < 4.78 is 5.30. The van der Waals surface area contributed by atoms with Crippen LogP contribution in [0.5, 0.6) is 0 Å². The Morgan fingerprint density at radius 1 is 1.06 bits per heavy atom. The van der Waals surface area contributed by atoms with Crippen LogP contribution in [-0.2, 0) is 5.88 Å². The molecule has 0 amide bonds. The molecule has 0 aliphatic rings. The lowest BCUT2D eigenvalue weighted by Crippen LogP contribution is -1.99. The molecule has 1 heterocycles. The van der Waals surface area contributed by atoms with Crippen LogP contribution in [0, 0.1) is 0 Å². The third-order valence-corrected chi connectivity index (χ3v) is 3.15. The minimum absolute atomic E-state index is 0.306. The van der Waals surface area contributed by atoms with Crippen LogP contribution in [0.25, 0.3) is 21.7 Å². The van der Waals surface area contributed by atoms with E-state index in [1.54, 1.807) is 0 Å². The van der Waals surface area contributed by atoms with Crippen LogP contribution in [0.15, 0.2) is 51.7 Å². The van der Waals surface area contributed by atoms with Gasteiger partial charge in [0.1, 0.15) is 5.58 Å². The summed E-state index contributed by atoms with van der Waals surface area (Å²) in [6.45, 7) is 0. The Bertz CT molecular complexity index is 759. The lowest BCUT2D eigenvalue weighted by Gasteiger charge is -2.05. The molecule has 0 fully saturated rings. The van der Waals surface area contributed by atoms with Crippen LogP contribution in [0.2, 0.25) is 0 Å². The third kappa shape index (κ3) is 1.61. The van der Waals surface area contributed by atoms with Crippen LogP contribution < -0.4 is 5.63 Å². The molecule has 0 saturated carbocycles. The average Bonchev–Trinajstić information content (AvgIpc) is 2.37. The van der Waals surface area contributed by atoms with E-state index >= 15 is 0 Å². The molecule has 0 unspecified atom stereocenters. The van der Waals surface area contributed by atoms with Gasteiger partial charge in [-0.25, -0.2) is 4.79 Å². The van der Waals surface area contributed by atoms with Gasteiger partial charge in [-0.2, -0.15) is 0 Å². The van der Waals surface area contributed by atoms with Crippen LogP contribution >= 0.6 is 11.6 Å². The van der Waals surface area contributed by atoms with Crippen molar-refractivity contribution in [1.82, 2.24) is 0 Å². The Morgan fingerprint density at radius 3 is 2.71 bits per heavy atom. The number of alkyl halides is 1. The lowest BCUT2D eigenvalue weighted by molar-refractivity contribution is 0.563. The number of fused-ring (bicyclic) bond motifs is 3. The molecule has 2 nitrogen and oxygen atoms in total. The molecule has 3 heteroatoms. The molecule has 0 spiro atoms. The molecule has 0 aliphatic carbocycles. The number of benzene rings is 2. The van der Waals surface area contributed by atoms with Gasteiger partial charge in [0.05, 0.1) is 0 Å². The third-order valence-electron chi connectivity index (χ3n) is 2.86. The largest absolute Gasteiger partial charge is 0.422 e. The van der Waals surface area contributed by atoms with Crippen LogP contribution in [0.1, 0.15) is 5.56 Å². The number of rotatable bonds is 1. The van der Waals surface area contributed by atoms with Crippen molar-refractivity contribution < 1.29 is 4.42 Å². The maximum absolute atomic E-state index is 11.5. The summed E-state index contributed by atoms with van der Waals surface area (Å²) in [6.07, 6.45) is 0. The zero-order valence-corrected chi connectivity index (χ0v) is 9.70. The van der Waals surface area contributed by atoms with Gasteiger partial charge in [-0.1, -0.05) is 36.4 Å². The topological polar surface area (TPSA) is 30.2 Å². The smallest absolute Gasteiger partial charge is 0.336 e. The summed E-state index contributed by atoms with van der Waals surface area (Å²) in [7, 11) is 0. The molecule has 0 saturated heterocycles. The second-order valence-corrected chi connectivity index (χ2v) is 4.15. The van der Waals surface area contributed by atoms with Crippen molar-refractivity contribution in [3.05, 3.63) is 58.4 Å². The van der Waals surface area contributed by atoms with Gasteiger partial charge < -0.3 is 4.42 Å². The van der Waals surface area contributed by atoms with E-state index in [1.807, 2.05) is 36.4 Å². The molecule has 3 rings (SSSR count). The first-order valence-electron chi connectivity index (χ1n) is 5.30. The van der Waals surface area contributed by atoms with Crippen molar-refractivity contribution in [3.8, 4) is 0 Å². The summed E-state index contributed by atoms with van der Waals surface area (Å²) in [5, 5.41) is 2.89. The minimum Gasteiger partial charge on any atom is -0.422 e. The van der Waals surface area contributed by atoms with Gasteiger partial charge in [0.2, 0.25) is 0 Å². The predicted molar refractivity (Wildman–Crippen MR) is 69.5 cm³/mol. The number of hydrogen-bond donors (Lipinski definition) is 0. The van der Waals surface area contributed by atoms with Gasteiger partial charge in [0.15, 0.2) is 0 Å². The molecule has 3 aromatic rings. The molecule has 0 bridgehead atoms. The maximum atomic E-state index is 11.5. The second-order valence-electron chi connectivity index (χ2n) is 3.89. The molecular weight excluding hydrogens is 236 g/mol. The van der Waals surface area contributed by atoms with E-state index < -0.39 is 0 Å². The van der Waals surface area contributed by atoms with Gasteiger partial charge in [0.25, 0.3) is 0 Å². The van der Waals surface area contributed by atoms with E-state index in [2.05, 4.69) is 0 Å². The van der Waals surface area contributed by atoms with Gasteiger partial charge in [-0.15, -0.1) is 11.6 Å². The highest BCUT2D eigenvalue weighted by molar-refractivity contribution is 6.18. The van der Waals surface area contributed by atoms with E-state index in [-0.39, 0.29) is 5.63 Å². The fraction of sp³-hybridized carbons (Fsp3) is 0.0714. The maximum Gasteiger partial charge on any atom is 0.336 e. The van der Waals surface area contributed by atoms with Gasteiger partial charge in [0, 0.05) is 22.7 Å². The molecule has 2 aromatic carbocycles. The van der Waals surface area contributed by atoms with Gasteiger partial charge in [-0.3, -0.25) is 0 Å². The Hall–Kier alpha value is -1.80. The predicted octanol–water partition coefficient (Wildman–Crippen LogP) is 3.69. The molecule has 0 radical (unpaired) electrons. The highest BCUT2D eigenvalue weighted by atomic mass is 35.5. The van der Waals surface area contributed by atoms with Crippen molar-refractivity contribution in [2.45, 2.75) is 5.88 Å². The van der Waals surface area contributed by atoms with E-state index in [0.717, 1.165) is 21.7 Å². The van der Waals surface area contributed by atoms with Crippen LogP contribution in [0.3, 0.4) is 0 Å². The van der Waals surface area contributed by atoms with Gasteiger partial charge >= 0.3 is 5.63 Å². The zero-order chi connectivity index (χ0) is 11.8. The van der Waals surface area contributed by atoms with Crippen molar-refractivity contribution in [2.75, 3.05) is 0 Å². The Kier molecular flexibility index (Phi) is 2.37. The number of hydrogen-bond acceptors (Lipinski definition) is 2. The second kappa shape index (κ2) is 3.90. The molecule has 84 valence electrons. The summed E-state index contributed by atoms with van der Waals surface area (Å²) in [5.41, 5.74) is 1.07. The Balaban J connectivity index is 2.58. The molecule has 0 atom stereocenters. The van der Waals surface area contributed by atoms with E-state index in [9.17, 15) is 4.79 Å². The zero-order valence-electron chi connectivity index (χ0n) is 8.94. The lowest BCUT2D eigenvalue weighted by atomic mass is 10.0. The average molecular weight is 245 g/mol. The fourth-order valence-electron chi connectivity index (χ4n) is 2.07. The summed E-state index contributed by atoms with van der Waals surface area (Å²) >= 11 is 5.85. The number of halogens is 1. The van der Waals surface area contributed by atoms with Crippen molar-refractivity contribution in [1.29, 1.82) is 0 Å². The van der Waals surface area contributed by atoms with Crippen molar-refractivity contribution in [2.24, 2.45) is 0 Å². The molecular formula is C14H9ClO2. The first-order chi connectivity index (χ1) is 8.29. The fourth-order valence-corrected chi connectivity index (χ4v) is 2.29. The first-order valence-corrected chi connectivity index (χ1v) is 5.83. The van der Waals surface area contributed by atoms with E-state index in [1.165, 1.54) is 6.07 Å².